The second-order valence-electron chi connectivity index (χ2n) is 6.96. The van der Waals surface area contributed by atoms with Gasteiger partial charge in [-0.25, -0.2) is 9.37 Å². The Morgan fingerprint density at radius 1 is 1.14 bits per heavy atom. The van der Waals surface area contributed by atoms with Crippen molar-refractivity contribution in [3.05, 3.63) is 76.7 Å². The molecular weight excluding hydrogens is 405 g/mol. The molecule has 4 nitrogen and oxygen atoms in total. The van der Waals surface area contributed by atoms with Gasteiger partial charge in [-0.2, -0.15) is 0 Å². The van der Waals surface area contributed by atoms with Gasteiger partial charge in [-0.05, 0) is 66.2 Å². The lowest BCUT2D eigenvalue weighted by atomic mass is 10.0. The number of hydrogen-bond acceptors (Lipinski definition) is 4. The molecule has 1 aliphatic rings. The van der Waals surface area contributed by atoms with Crippen LogP contribution in [-0.2, 0) is 4.79 Å². The molecule has 1 saturated heterocycles. The van der Waals surface area contributed by atoms with Gasteiger partial charge in [0.1, 0.15) is 16.5 Å². The van der Waals surface area contributed by atoms with Crippen LogP contribution in [0.2, 0.25) is 0 Å². The Kier molecular flexibility index (Phi) is 5.25. The standard InChI is InChI=1S/C22H18FN3OS2/c1-13(2)14-5-9-18(10-6-14)26-21(27)19(25-22(26)28)11-17-12-29-20(24-17)15-3-7-16(23)8-4-15/h3-13H,1-2H3,(H,25,28)/b19-11+. The summed E-state index contributed by atoms with van der Waals surface area (Å²) in [5.74, 6) is -0.0918. The molecular formula is C22H18FN3OS2. The lowest BCUT2D eigenvalue weighted by Crippen LogP contribution is -2.30. The average Bonchev–Trinajstić information content (AvgIpc) is 3.27. The third kappa shape index (κ3) is 3.97. The van der Waals surface area contributed by atoms with Crippen molar-refractivity contribution in [2.45, 2.75) is 19.8 Å². The average molecular weight is 424 g/mol. The van der Waals surface area contributed by atoms with Crippen LogP contribution in [-0.4, -0.2) is 16.0 Å². The van der Waals surface area contributed by atoms with Crippen molar-refractivity contribution >= 4 is 46.3 Å². The van der Waals surface area contributed by atoms with Crippen LogP contribution < -0.4 is 10.2 Å². The van der Waals surface area contributed by atoms with E-state index in [0.29, 0.717) is 22.4 Å². The first-order valence-corrected chi connectivity index (χ1v) is 10.4. The fourth-order valence-electron chi connectivity index (χ4n) is 3.00. The van der Waals surface area contributed by atoms with Gasteiger partial charge in [0, 0.05) is 10.9 Å². The number of aromatic nitrogens is 1. The van der Waals surface area contributed by atoms with Crippen molar-refractivity contribution in [1.82, 2.24) is 10.3 Å². The minimum absolute atomic E-state index is 0.219. The van der Waals surface area contributed by atoms with Crippen molar-refractivity contribution in [3.63, 3.8) is 0 Å². The Balaban J connectivity index is 1.57. The van der Waals surface area contributed by atoms with Crippen LogP contribution in [0.4, 0.5) is 10.1 Å². The Morgan fingerprint density at radius 3 is 2.48 bits per heavy atom. The number of thiocarbonyl (C=S) groups is 1. The van der Waals surface area contributed by atoms with E-state index in [4.69, 9.17) is 12.2 Å². The Morgan fingerprint density at radius 2 is 1.83 bits per heavy atom. The summed E-state index contributed by atoms with van der Waals surface area (Å²) in [5.41, 5.74) is 3.77. The molecule has 4 rings (SSSR count). The normalized spacial score (nSPS) is 15.4. The number of anilines is 1. The van der Waals surface area contributed by atoms with E-state index in [9.17, 15) is 9.18 Å². The molecule has 146 valence electrons. The van der Waals surface area contributed by atoms with Gasteiger partial charge in [0.05, 0.1) is 11.4 Å². The molecule has 0 spiro atoms. The molecule has 0 bridgehead atoms. The van der Waals surface area contributed by atoms with Gasteiger partial charge in [0.2, 0.25) is 0 Å². The first-order valence-electron chi connectivity index (χ1n) is 9.11. The summed E-state index contributed by atoms with van der Waals surface area (Å²) < 4.78 is 13.1. The number of amides is 1. The molecule has 1 fully saturated rings. The van der Waals surface area contributed by atoms with Crippen LogP contribution in [0.1, 0.15) is 31.0 Å². The highest BCUT2D eigenvalue weighted by molar-refractivity contribution is 7.80. The summed E-state index contributed by atoms with van der Waals surface area (Å²) in [5, 5.41) is 5.93. The van der Waals surface area contributed by atoms with Crippen molar-refractivity contribution in [3.8, 4) is 10.6 Å². The van der Waals surface area contributed by atoms with E-state index < -0.39 is 0 Å². The Labute approximate surface area is 177 Å². The van der Waals surface area contributed by atoms with Crippen LogP contribution in [0.5, 0.6) is 0 Å². The monoisotopic (exact) mass is 423 g/mol. The van der Waals surface area contributed by atoms with Gasteiger partial charge in [-0.1, -0.05) is 26.0 Å². The summed E-state index contributed by atoms with van der Waals surface area (Å²) in [7, 11) is 0. The smallest absolute Gasteiger partial charge is 0.281 e. The highest BCUT2D eigenvalue weighted by Gasteiger charge is 2.32. The van der Waals surface area contributed by atoms with Crippen LogP contribution in [0.25, 0.3) is 16.6 Å². The maximum absolute atomic E-state index is 13.1. The maximum atomic E-state index is 13.1. The summed E-state index contributed by atoms with van der Waals surface area (Å²) in [6.07, 6.45) is 1.68. The zero-order valence-corrected chi connectivity index (χ0v) is 17.5. The third-order valence-corrected chi connectivity index (χ3v) is 5.80. The fourth-order valence-corrected chi connectivity index (χ4v) is 4.08. The number of nitrogens with zero attached hydrogens (tertiary/aromatic N) is 2. The molecule has 1 aromatic heterocycles. The SMILES string of the molecule is CC(C)c1ccc(N2C(=O)/C(=C\c3csc(-c4ccc(F)cc4)n3)NC2=S)cc1. The summed E-state index contributed by atoms with van der Waals surface area (Å²) >= 11 is 6.80. The first kappa shape index (κ1) is 19.4. The van der Waals surface area contributed by atoms with E-state index in [2.05, 4.69) is 24.1 Å². The number of benzene rings is 2. The van der Waals surface area contributed by atoms with Gasteiger partial charge in [-0.3, -0.25) is 9.69 Å². The van der Waals surface area contributed by atoms with Gasteiger partial charge >= 0.3 is 0 Å². The molecule has 7 heteroatoms. The van der Waals surface area contributed by atoms with Crippen molar-refractivity contribution in [2.24, 2.45) is 0 Å². The topological polar surface area (TPSA) is 45.2 Å². The molecule has 29 heavy (non-hydrogen) atoms. The van der Waals surface area contributed by atoms with Crippen molar-refractivity contribution in [2.75, 3.05) is 4.90 Å². The van der Waals surface area contributed by atoms with Crippen LogP contribution in [0.3, 0.4) is 0 Å². The largest absolute Gasteiger partial charge is 0.327 e. The molecule has 2 heterocycles. The number of nitrogens with one attached hydrogen (secondary N) is 1. The van der Waals surface area contributed by atoms with E-state index in [0.717, 1.165) is 16.3 Å². The summed E-state index contributed by atoms with van der Waals surface area (Å²) in [4.78, 5) is 18.9. The Hall–Kier alpha value is -2.90. The van der Waals surface area contributed by atoms with Crippen LogP contribution in [0.15, 0.2) is 59.6 Å². The predicted octanol–water partition coefficient (Wildman–Crippen LogP) is 5.33. The number of carbonyl (C=O) groups is 1. The molecule has 0 unspecified atom stereocenters. The molecule has 0 saturated carbocycles. The molecule has 1 aliphatic heterocycles. The molecule has 1 amide bonds. The van der Waals surface area contributed by atoms with Gasteiger partial charge < -0.3 is 5.32 Å². The number of halogens is 1. The van der Waals surface area contributed by atoms with E-state index >= 15 is 0 Å². The highest BCUT2D eigenvalue weighted by Crippen LogP contribution is 2.27. The third-order valence-electron chi connectivity index (χ3n) is 4.60. The maximum Gasteiger partial charge on any atom is 0.281 e. The predicted molar refractivity (Wildman–Crippen MR) is 119 cm³/mol. The van der Waals surface area contributed by atoms with Crippen LogP contribution in [0, 0.1) is 5.82 Å². The van der Waals surface area contributed by atoms with Crippen molar-refractivity contribution in [1.29, 1.82) is 0 Å². The van der Waals surface area contributed by atoms with E-state index in [-0.39, 0.29) is 11.7 Å². The second kappa shape index (κ2) is 7.85. The number of hydrogen-bond donors (Lipinski definition) is 1. The van der Waals surface area contributed by atoms with Gasteiger partial charge in [-0.15, -0.1) is 11.3 Å². The molecule has 2 aromatic carbocycles. The molecule has 0 radical (unpaired) electrons. The highest BCUT2D eigenvalue weighted by atomic mass is 32.1. The summed E-state index contributed by atoms with van der Waals surface area (Å²) in [6.45, 7) is 4.24. The second-order valence-corrected chi connectivity index (χ2v) is 8.20. The molecule has 0 atom stereocenters. The first-order chi connectivity index (χ1) is 13.9. The fraction of sp³-hybridized carbons (Fsp3) is 0.136. The van der Waals surface area contributed by atoms with E-state index in [1.54, 1.807) is 18.2 Å². The number of thiazole rings is 1. The number of carbonyl (C=O) groups excluding carboxylic acids is 1. The zero-order valence-electron chi connectivity index (χ0n) is 15.8. The molecule has 0 aliphatic carbocycles. The lowest BCUT2D eigenvalue weighted by molar-refractivity contribution is -0.113. The quantitative estimate of drug-likeness (QED) is 0.455. The van der Waals surface area contributed by atoms with E-state index in [1.165, 1.54) is 33.9 Å². The lowest BCUT2D eigenvalue weighted by Gasteiger charge is -2.15. The molecule has 3 aromatic rings. The van der Waals surface area contributed by atoms with Crippen LogP contribution >= 0.6 is 23.6 Å². The summed E-state index contributed by atoms with van der Waals surface area (Å²) in [6, 6.07) is 14.0. The van der Waals surface area contributed by atoms with Gasteiger partial charge in [0.15, 0.2) is 5.11 Å². The minimum Gasteiger partial charge on any atom is -0.327 e. The Bertz CT molecular complexity index is 1100. The van der Waals surface area contributed by atoms with Gasteiger partial charge in [0.25, 0.3) is 5.91 Å². The van der Waals surface area contributed by atoms with E-state index in [1.807, 2.05) is 29.6 Å². The zero-order chi connectivity index (χ0) is 20.5. The number of rotatable bonds is 4. The van der Waals surface area contributed by atoms with Crippen molar-refractivity contribution < 1.29 is 9.18 Å². The molecule has 1 N–H and O–H groups in total. The minimum atomic E-state index is -0.288.